The highest BCUT2D eigenvalue weighted by molar-refractivity contribution is 5.82. The van der Waals surface area contributed by atoms with Crippen LogP contribution < -0.4 is 5.73 Å². The molecule has 1 saturated heterocycles. The van der Waals surface area contributed by atoms with Gasteiger partial charge in [-0.15, -0.1) is 0 Å². The third kappa shape index (κ3) is 2.60. The van der Waals surface area contributed by atoms with Crippen molar-refractivity contribution in [3.05, 3.63) is 18.0 Å². The molecule has 8 heteroatoms. The fourth-order valence-electron chi connectivity index (χ4n) is 3.17. The molecule has 2 fully saturated rings. The van der Waals surface area contributed by atoms with Crippen LogP contribution in [-0.2, 0) is 10.3 Å². The minimum atomic E-state index is -4.82. The Morgan fingerprint density at radius 1 is 1.32 bits per heavy atom. The molecule has 0 bridgehead atoms. The largest absolute Gasteiger partial charge is 0.471 e. The molecule has 0 unspecified atom stereocenters. The summed E-state index contributed by atoms with van der Waals surface area (Å²) in [5.74, 6) is -1.78. The molecule has 0 aromatic carbocycles. The predicted molar refractivity (Wildman–Crippen MR) is 72.8 cm³/mol. The van der Waals surface area contributed by atoms with Crippen LogP contribution in [0.5, 0.6) is 0 Å². The number of amides is 1. The molecule has 1 aromatic heterocycles. The summed E-state index contributed by atoms with van der Waals surface area (Å²) in [7, 11) is 0. The van der Waals surface area contributed by atoms with E-state index in [0.29, 0.717) is 18.9 Å². The van der Waals surface area contributed by atoms with E-state index in [0.717, 1.165) is 29.9 Å². The molecule has 0 radical (unpaired) electrons. The van der Waals surface area contributed by atoms with Gasteiger partial charge >= 0.3 is 12.1 Å². The molecule has 3 rings (SSSR count). The number of hydrogen-bond acceptors (Lipinski definition) is 3. The monoisotopic (exact) mass is 316 g/mol. The van der Waals surface area contributed by atoms with Crippen molar-refractivity contribution in [2.45, 2.75) is 49.9 Å². The van der Waals surface area contributed by atoms with Crippen LogP contribution in [0, 0.1) is 0 Å². The first-order valence-electron chi connectivity index (χ1n) is 7.50. The summed E-state index contributed by atoms with van der Waals surface area (Å²) >= 11 is 0. The zero-order valence-corrected chi connectivity index (χ0v) is 12.1. The quantitative estimate of drug-likeness (QED) is 0.907. The number of alkyl halides is 3. The highest BCUT2D eigenvalue weighted by atomic mass is 19.4. The van der Waals surface area contributed by atoms with E-state index >= 15 is 0 Å². The number of rotatable bonds is 2. The van der Waals surface area contributed by atoms with E-state index in [1.165, 1.54) is 0 Å². The van der Waals surface area contributed by atoms with E-state index in [-0.39, 0.29) is 13.1 Å². The highest BCUT2D eigenvalue weighted by Gasteiger charge is 2.46. The van der Waals surface area contributed by atoms with Gasteiger partial charge in [-0.1, -0.05) is 0 Å². The van der Waals surface area contributed by atoms with Crippen molar-refractivity contribution in [3.63, 3.8) is 0 Å². The van der Waals surface area contributed by atoms with E-state index in [4.69, 9.17) is 5.73 Å². The lowest BCUT2D eigenvalue weighted by Gasteiger charge is -2.41. The Morgan fingerprint density at radius 2 is 1.95 bits per heavy atom. The standard InChI is InChI=1S/C14H19F3N4O/c15-14(16,17)12(22)20-8-5-13(18,6-9-20)11-4-7-19-21(11)10-2-1-3-10/h4,7,10H,1-3,5-6,8-9,18H2. The number of aromatic nitrogens is 2. The Morgan fingerprint density at radius 3 is 2.45 bits per heavy atom. The van der Waals surface area contributed by atoms with Crippen LogP contribution in [0.25, 0.3) is 0 Å². The number of nitrogens with two attached hydrogens (primary N) is 1. The SMILES string of the molecule is NC1(c2ccnn2C2CCC2)CCN(C(=O)C(F)(F)F)CC1. The molecule has 1 aromatic rings. The fourth-order valence-corrected chi connectivity index (χ4v) is 3.17. The average molecular weight is 316 g/mol. The number of piperidine rings is 1. The highest BCUT2D eigenvalue weighted by Crippen LogP contribution is 2.37. The lowest BCUT2D eigenvalue weighted by atomic mass is 9.84. The zero-order valence-electron chi connectivity index (χ0n) is 12.1. The smallest absolute Gasteiger partial charge is 0.335 e. The molecule has 1 aliphatic heterocycles. The average Bonchev–Trinajstić information content (AvgIpc) is 2.85. The summed E-state index contributed by atoms with van der Waals surface area (Å²) in [5.41, 5.74) is 6.59. The van der Waals surface area contributed by atoms with Crippen LogP contribution in [0.15, 0.2) is 12.3 Å². The molecular weight excluding hydrogens is 297 g/mol. The summed E-state index contributed by atoms with van der Waals surface area (Å²) in [4.78, 5) is 12.1. The van der Waals surface area contributed by atoms with Gasteiger partial charge in [-0.3, -0.25) is 9.48 Å². The van der Waals surface area contributed by atoms with Crippen molar-refractivity contribution in [1.29, 1.82) is 0 Å². The van der Waals surface area contributed by atoms with Crippen LogP contribution in [0.2, 0.25) is 0 Å². The van der Waals surface area contributed by atoms with Gasteiger partial charge in [-0.2, -0.15) is 18.3 Å². The number of likely N-dealkylation sites (tertiary alicyclic amines) is 1. The van der Waals surface area contributed by atoms with Crippen molar-refractivity contribution in [3.8, 4) is 0 Å². The lowest BCUT2D eigenvalue weighted by molar-refractivity contribution is -0.187. The normalized spacial score (nSPS) is 22.5. The Kier molecular flexibility index (Phi) is 3.66. The van der Waals surface area contributed by atoms with Crippen molar-refractivity contribution >= 4 is 5.91 Å². The molecule has 22 heavy (non-hydrogen) atoms. The summed E-state index contributed by atoms with van der Waals surface area (Å²) in [6.07, 6.45) is 0.778. The van der Waals surface area contributed by atoms with Crippen molar-refractivity contribution in [2.75, 3.05) is 13.1 Å². The van der Waals surface area contributed by atoms with Crippen LogP contribution in [0.1, 0.15) is 43.8 Å². The molecule has 1 saturated carbocycles. The Bertz CT molecular complexity index is 557. The summed E-state index contributed by atoms with van der Waals surface area (Å²) in [5, 5.41) is 4.33. The van der Waals surface area contributed by atoms with Crippen molar-refractivity contribution < 1.29 is 18.0 Å². The first kappa shape index (κ1) is 15.3. The van der Waals surface area contributed by atoms with Crippen molar-refractivity contribution in [1.82, 2.24) is 14.7 Å². The number of nitrogens with zero attached hydrogens (tertiary/aromatic N) is 3. The summed E-state index contributed by atoms with van der Waals surface area (Å²) in [6, 6.07) is 2.19. The van der Waals surface area contributed by atoms with E-state index < -0.39 is 17.6 Å². The molecule has 2 N–H and O–H groups in total. The molecule has 0 atom stereocenters. The fraction of sp³-hybridized carbons (Fsp3) is 0.714. The van der Waals surface area contributed by atoms with E-state index in [2.05, 4.69) is 5.10 Å². The third-order valence-corrected chi connectivity index (χ3v) is 4.79. The van der Waals surface area contributed by atoms with E-state index in [9.17, 15) is 18.0 Å². The molecule has 0 spiro atoms. The Balaban J connectivity index is 1.72. The molecule has 1 amide bonds. The minimum Gasteiger partial charge on any atom is -0.335 e. The van der Waals surface area contributed by atoms with E-state index in [1.807, 2.05) is 10.7 Å². The van der Waals surface area contributed by atoms with Gasteiger partial charge in [0.1, 0.15) is 0 Å². The number of hydrogen-bond donors (Lipinski definition) is 1. The van der Waals surface area contributed by atoms with Crippen LogP contribution >= 0.6 is 0 Å². The third-order valence-electron chi connectivity index (χ3n) is 4.79. The minimum absolute atomic E-state index is 0.0185. The van der Waals surface area contributed by atoms with Gasteiger partial charge in [0.15, 0.2) is 0 Å². The number of halogens is 3. The topological polar surface area (TPSA) is 64.2 Å². The molecule has 1 aliphatic carbocycles. The first-order valence-corrected chi connectivity index (χ1v) is 7.50. The van der Waals surface area contributed by atoms with Crippen LogP contribution in [-0.4, -0.2) is 39.9 Å². The maximum absolute atomic E-state index is 12.5. The van der Waals surface area contributed by atoms with Gasteiger partial charge < -0.3 is 10.6 Å². The maximum atomic E-state index is 12.5. The summed E-state index contributed by atoms with van der Waals surface area (Å²) in [6.45, 7) is 0.0371. The molecule has 122 valence electrons. The molecule has 5 nitrogen and oxygen atoms in total. The van der Waals surface area contributed by atoms with Crippen LogP contribution in [0.3, 0.4) is 0 Å². The summed E-state index contributed by atoms with van der Waals surface area (Å²) < 4.78 is 39.4. The second-order valence-corrected chi connectivity index (χ2v) is 6.19. The van der Waals surface area contributed by atoms with E-state index in [1.54, 1.807) is 6.20 Å². The second kappa shape index (κ2) is 5.26. The van der Waals surface area contributed by atoms with Gasteiger partial charge in [0, 0.05) is 19.3 Å². The van der Waals surface area contributed by atoms with Gasteiger partial charge in [0.25, 0.3) is 0 Å². The predicted octanol–water partition coefficient (Wildman–Crippen LogP) is 1.95. The van der Waals surface area contributed by atoms with Gasteiger partial charge in [0.05, 0.1) is 17.3 Å². The van der Waals surface area contributed by atoms with Gasteiger partial charge in [-0.25, -0.2) is 0 Å². The number of carbonyl (C=O) groups is 1. The van der Waals surface area contributed by atoms with Crippen LogP contribution in [0.4, 0.5) is 13.2 Å². The molecule has 2 heterocycles. The van der Waals surface area contributed by atoms with Gasteiger partial charge in [-0.05, 0) is 38.2 Å². The zero-order chi connectivity index (χ0) is 16.0. The van der Waals surface area contributed by atoms with Gasteiger partial charge in [0.2, 0.25) is 0 Å². The Hall–Kier alpha value is -1.57. The lowest BCUT2D eigenvalue weighted by Crippen LogP contribution is -2.53. The maximum Gasteiger partial charge on any atom is 0.471 e. The first-order chi connectivity index (χ1) is 10.3. The molecule has 2 aliphatic rings. The molecular formula is C14H19F3N4O. The Labute approximate surface area is 126 Å². The second-order valence-electron chi connectivity index (χ2n) is 6.19. The van der Waals surface area contributed by atoms with Crippen molar-refractivity contribution in [2.24, 2.45) is 5.73 Å². The number of carbonyl (C=O) groups excluding carboxylic acids is 1.